The summed E-state index contributed by atoms with van der Waals surface area (Å²) in [7, 11) is 0. The largest absolute Gasteiger partial charge is 0.456 e. The summed E-state index contributed by atoms with van der Waals surface area (Å²) in [4.78, 5) is 5.12. The van der Waals surface area contributed by atoms with E-state index in [-0.39, 0.29) is 6.71 Å². The molecule has 12 aromatic carbocycles. The van der Waals surface area contributed by atoms with Crippen molar-refractivity contribution < 1.29 is 8.83 Å². The molecule has 16 rings (SSSR count). The van der Waals surface area contributed by atoms with Gasteiger partial charge in [0, 0.05) is 55.4 Å². The van der Waals surface area contributed by atoms with E-state index >= 15 is 0 Å². The maximum atomic E-state index is 6.55. The van der Waals surface area contributed by atoms with Gasteiger partial charge in [-0.1, -0.05) is 212 Å². The fourth-order valence-electron chi connectivity index (χ4n) is 12.7. The van der Waals surface area contributed by atoms with E-state index in [1.54, 1.807) is 0 Å². The van der Waals surface area contributed by atoms with Gasteiger partial charge in [-0.05, 0) is 122 Å². The lowest BCUT2D eigenvalue weighted by Crippen LogP contribution is -2.61. The maximum Gasteiger partial charge on any atom is 0.252 e. The first-order valence-corrected chi connectivity index (χ1v) is 26.4. The molecule has 0 saturated heterocycles. The number of benzene rings is 12. The Labute approximate surface area is 446 Å². The average Bonchev–Trinajstić information content (AvgIpc) is 4.17. The molecule has 0 N–H and O–H groups in total. The number of fused-ring (bicyclic) bond motifs is 10. The van der Waals surface area contributed by atoms with Crippen LogP contribution in [0.2, 0.25) is 0 Å². The molecule has 0 saturated carbocycles. The van der Waals surface area contributed by atoms with Crippen LogP contribution >= 0.6 is 0 Å². The number of furan rings is 2. The van der Waals surface area contributed by atoms with Crippen molar-refractivity contribution in [2.24, 2.45) is 0 Å². The number of nitrogens with zero attached hydrogens (tertiary/aromatic N) is 2. The highest BCUT2D eigenvalue weighted by molar-refractivity contribution is 7.00. The summed E-state index contributed by atoms with van der Waals surface area (Å²) in [6, 6.07) is 99.5. The van der Waals surface area contributed by atoms with E-state index in [1.165, 1.54) is 16.4 Å². The third kappa shape index (κ3) is 6.74. The van der Waals surface area contributed by atoms with Gasteiger partial charge < -0.3 is 18.6 Å². The molecule has 0 aliphatic carbocycles. The highest BCUT2D eigenvalue weighted by Crippen LogP contribution is 2.51. The number of anilines is 6. The van der Waals surface area contributed by atoms with E-state index in [4.69, 9.17) is 8.83 Å². The number of hydrogen-bond donors (Lipinski definition) is 0. The fourth-order valence-corrected chi connectivity index (χ4v) is 12.7. The molecule has 2 aliphatic rings. The standard InChI is InChI=1S/C72H45BN2O2/c1-4-20-46(21-5-1)51-44-64-72-65(45-51)75(61-33-15-11-27-53(61)48-24-8-3-9-25-48)63-41-39-50(55-31-19-37-69-71(55)57-29-13-17-35-67(57)77-69)43-59(63)73(72)58-42-49(54-30-18-36-68-70(54)56-28-12-16-34-66(56)76-68)38-40-62(58)74(64)60-32-14-10-26-52(60)47-22-6-2-7-23-47/h1-45H. The van der Waals surface area contributed by atoms with Gasteiger partial charge in [-0.3, -0.25) is 0 Å². The highest BCUT2D eigenvalue weighted by Gasteiger charge is 2.45. The zero-order valence-corrected chi connectivity index (χ0v) is 41.8. The first kappa shape index (κ1) is 43.3. The third-order valence-corrected chi connectivity index (χ3v) is 16.1. The summed E-state index contributed by atoms with van der Waals surface area (Å²) in [5, 5.41) is 4.46. The van der Waals surface area contributed by atoms with Crippen molar-refractivity contribution in [2.45, 2.75) is 0 Å². The van der Waals surface area contributed by atoms with E-state index in [0.29, 0.717) is 0 Å². The second-order valence-corrected chi connectivity index (χ2v) is 20.3. The lowest BCUT2D eigenvalue weighted by molar-refractivity contribution is 0.668. The van der Waals surface area contributed by atoms with Crippen molar-refractivity contribution in [1.29, 1.82) is 0 Å². The smallest absolute Gasteiger partial charge is 0.252 e. The monoisotopic (exact) mass is 980 g/mol. The molecule has 0 unspecified atom stereocenters. The van der Waals surface area contributed by atoms with Crippen LogP contribution < -0.4 is 26.2 Å². The summed E-state index contributed by atoms with van der Waals surface area (Å²) in [6.07, 6.45) is 0. The Kier molecular flexibility index (Phi) is 9.70. The molecule has 0 amide bonds. The van der Waals surface area contributed by atoms with E-state index in [2.05, 4.69) is 283 Å². The second-order valence-electron chi connectivity index (χ2n) is 20.3. The van der Waals surface area contributed by atoms with Crippen LogP contribution in [-0.4, -0.2) is 6.71 Å². The van der Waals surface area contributed by atoms with Crippen LogP contribution in [-0.2, 0) is 0 Å². The second kappa shape index (κ2) is 17.2. The van der Waals surface area contributed by atoms with Crippen LogP contribution in [0.5, 0.6) is 0 Å². The number of rotatable bonds is 7. The third-order valence-electron chi connectivity index (χ3n) is 16.1. The number of hydrogen-bond acceptors (Lipinski definition) is 4. The molecule has 0 spiro atoms. The lowest BCUT2D eigenvalue weighted by Gasteiger charge is -2.45. The van der Waals surface area contributed by atoms with Gasteiger partial charge in [0.1, 0.15) is 22.3 Å². The first-order chi connectivity index (χ1) is 38.2. The summed E-state index contributed by atoms with van der Waals surface area (Å²) >= 11 is 0. The Morgan fingerprint density at radius 1 is 0.247 bits per heavy atom. The van der Waals surface area contributed by atoms with Crippen LogP contribution in [0.1, 0.15) is 0 Å². The van der Waals surface area contributed by atoms with Crippen molar-refractivity contribution in [2.75, 3.05) is 9.80 Å². The molecule has 358 valence electrons. The van der Waals surface area contributed by atoms with E-state index in [9.17, 15) is 0 Å². The minimum atomic E-state index is -0.199. The quantitative estimate of drug-likeness (QED) is 0.149. The van der Waals surface area contributed by atoms with Crippen molar-refractivity contribution in [3.05, 3.63) is 273 Å². The first-order valence-electron chi connectivity index (χ1n) is 26.4. The van der Waals surface area contributed by atoms with Gasteiger partial charge in [0.15, 0.2) is 0 Å². The molecule has 4 nitrogen and oxygen atoms in total. The van der Waals surface area contributed by atoms with Gasteiger partial charge in [-0.25, -0.2) is 0 Å². The molecule has 0 bridgehead atoms. The average molecular weight is 981 g/mol. The van der Waals surface area contributed by atoms with Crippen molar-refractivity contribution in [1.82, 2.24) is 0 Å². The van der Waals surface area contributed by atoms with Crippen molar-refractivity contribution >= 4 is 101 Å². The molecule has 0 radical (unpaired) electrons. The van der Waals surface area contributed by atoms with Crippen molar-refractivity contribution in [3.8, 4) is 55.6 Å². The SMILES string of the molecule is c1ccc(-c2cc3c4c(c2)N(c2ccccc2-c2ccccc2)c2ccc(-c5cccc6oc7ccccc7c56)cc2B4c2cc(-c4cccc5oc6ccccc6c45)ccc2N3c2ccccc2-c2ccccc2)cc1. The maximum absolute atomic E-state index is 6.55. The highest BCUT2D eigenvalue weighted by atomic mass is 16.3. The molecular weight excluding hydrogens is 936 g/mol. The zero-order chi connectivity index (χ0) is 50.6. The van der Waals surface area contributed by atoms with Crippen LogP contribution in [0, 0.1) is 0 Å². The van der Waals surface area contributed by atoms with Gasteiger partial charge in [-0.15, -0.1) is 0 Å². The van der Waals surface area contributed by atoms with Gasteiger partial charge in [-0.2, -0.15) is 0 Å². The Balaban J connectivity index is 1.05. The van der Waals surface area contributed by atoms with Crippen LogP contribution in [0.15, 0.2) is 282 Å². The van der Waals surface area contributed by atoms with E-state index in [1.807, 2.05) is 0 Å². The summed E-state index contributed by atoms with van der Waals surface area (Å²) < 4.78 is 13.1. The van der Waals surface area contributed by atoms with Crippen LogP contribution in [0.4, 0.5) is 34.1 Å². The molecule has 0 atom stereocenters. The Morgan fingerprint density at radius 2 is 0.636 bits per heavy atom. The van der Waals surface area contributed by atoms with Crippen molar-refractivity contribution in [3.63, 3.8) is 0 Å². The molecule has 2 aliphatic heterocycles. The summed E-state index contributed by atoms with van der Waals surface area (Å²) in [6.45, 7) is -0.199. The lowest BCUT2D eigenvalue weighted by atomic mass is 9.33. The van der Waals surface area contributed by atoms with E-state index in [0.717, 1.165) is 134 Å². The van der Waals surface area contributed by atoms with Crippen LogP contribution in [0.3, 0.4) is 0 Å². The molecule has 4 heterocycles. The minimum absolute atomic E-state index is 0.199. The van der Waals surface area contributed by atoms with Gasteiger partial charge in [0.2, 0.25) is 0 Å². The van der Waals surface area contributed by atoms with Gasteiger partial charge in [0.25, 0.3) is 6.71 Å². The molecule has 0 fully saturated rings. The van der Waals surface area contributed by atoms with Gasteiger partial charge in [0.05, 0.1) is 11.4 Å². The molecule has 14 aromatic rings. The predicted molar refractivity (Wildman–Crippen MR) is 322 cm³/mol. The zero-order valence-electron chi connectivity index (χ0n) is 41.8. The summed E-state index contributed by atoms with van der Waals surface area (Å²) in [5.41, 5.74) is 25.4. The normalized spacial score (nSPS) is 12.6. The Morgan fingerprint density at radius 3 is 1.12 bits per heavy atom. The number of para-hydroxylation sites is 4. The predicted octanol–water partition coefficient (Wildman–Crippen LogP) is 17.9. The molecule has 5 heteroatoms. The Hall–Kier alpha value is -10.1. The van der Waals surface area contributed by atoms with E-state index < -0.39 is 0 Å². The molecule has 2 aromatic heterocycles. The minimum Gasteiger partial charge on any atom is -0.456 e. The van der Waals surface area contributed by atoms with Gasteiger partial charge >= 0.3 is 0 Å². The topological polar surface area (TPSA) is 32.8 Å². The fraction of sp³-hybridized carbons (Fsp3) is 0. The Bertz CT molecular complexity index is 4380. The van der Waals surface area contributed by atoms with Crippen LogP contribution in [0.25, 0.3) is 99.5 Å². The molecule has 77 heavy (non-hydrogen) atoms. The molecular formula is C72H45BN2O2. The summed E-state index contributed by atoms with van der Waals surface area (Å²) in [5.74, 6) is 0.